The molecule has 3 heterocycles. The predicted molar refractivity (Wildman–Crippen MR) is 121 cm³/mol. The maximum atomic E-state index is 10.9. The lowest BCUT2D eigenvalue weighted by molar-refractivity contribution is -0.147. The first kappa shape index (κ1) is 20.4. The van der Waals surface area contributed by atoms with Crippen molar-refractivity contribution < 1.29 is 19.2 Å². The largest absolute Gasteiger partial charge is 0.481 e. The number of hydrogen-bond donors (Lipinski definition) is 1. The summed E-state index contributed by atoms with van der Waals surface area (Å²) in [6.45, 7) is 3.94. The molecule has 1 saturated heterocycles. The monoisotopic (exact) mass is 447 g/mol. The van der Waals surface area contributed by atoms with Crippen molar-refractivity contribution in [1.29, 1.82) is 0 Å². The molecule has 2 aromatic heterocycles. The lowest BCUT2D eigenvalue weighted by Gasteiger charge is -2.36. The van der Waals surface area contributed by atoms with Crippen molar-refractivity contribution in [1.82, 2.24) is 15.0 Å². The van der Waals surface area contributed by atoms with Crippen LogP contribution in [0.1, 0.15) is 10.4 Å². The van der Waals surface area contributed by atoms with Crippen LogP contribution in [0.2, 0.25) is 0 Å². The highest BCUT2D eigenvalue weighted by molar-refractivity contribution is 7.10. The van der Waals surface area contributed by atoms with Gasteiger partial charge in [0.15, 0.2) is 0 Å². The molecule has 32 heavy (non-hydrogen) atoms. The van der Waals surface area contributed by atoms with E-state index in [1.165, 1.54) is 0 Å². The second-order valence-corrected chi connectivity index (χ2v) is 8.84. The molecule has 0 radical (unpaired) electrons. The number of likely N-dealkylation sites (tertiary alicyclic amines) is 1. The van der Waals surface area contributed by atoms with Gasteiger partial charge < -0.3 is 14.4 Å². The number of aromatic nitrogens is 2. The molecular weight excluding hydrogens is 426 g/mol. The van der Waals surface area contributed by atoms with Crippen LogP contribution in [0.4, 0.5) is 0 Å². The van der Waals surface area contributed by atoms with Crippen molar-refractivity contribution in [2.75, 3.05) is 13.1 Å². The highest BCUT2D eigenvalue weighted by Gasteiger charge is 2.32. The first-order valence-electron chi connectivity index (χ1n) is 10.3. The van der Waals surface area contributed by atoms with Crippen molar-refractivity contribution in [3.63, 3.8) is 0 Å². The molecule has 0 saturated carbocycles. The maximum absolute atomic E-state index is 10.9. The normalized spacial score (nSPS) is 14.3. The fourth-order valence-electron chi connectivity index (χ4n) is 3.58. The minimum atomic E-state index is -0.720. The van der Waals surface area contributed by atoms with Gasteiger partial charge in [-0.05, 0) is 48.9 Å². The van der Waals surface area contributed by atoms with E-state index in [4.69, 9.17) is 14.4 Å². The van der Waals surface area contributed by atoms with Crippen LogP contribution in [0.25, 0.3) is 22.8 Å². The number of carbonyl (C=O) groups is 1. The molecule has 0 atom stereocenters. The number of aryl methyl sites for hydroxylation is 1. The molecule has 1 N–H and O–H groups in total. The van der Waals surface area contributed by atoms with Crippen LogP contribution in [0, 0.1) is 12.8 Å². The summed E-state index contributed by atoms with van der Waals surface area (Å²) in [7, 11) is 0. The zero-order chi connectivity index (χ0) is 22.1. The van der Waals surface area contributed by atoms with E-state index in [0.29, 0.717) is 24.8 Å². The minimum Gasteiger partial charge on any atom is -0.481 e. The zero-order valence-corrected chi connectivity index (χ0v) is 18.2. The molecule has 0 unspecified atom stereocenters. The molecule has 0 spiro atoms. The Kier molecular flexibility index (Phi) is 5.46. The van der Waals surface area contributed by atoms with Gasteiger partial charge in [0.1, 0.15) is 11.5 Å². The molecule has 2 aromatic carbocycles. The van der Waals surface area contributed by atoms with Gasteiger partial charge in [-0.25, -0.2) is 0 Å². The Hall–Kier alpha value is -3.49. The quantitative estimate of drug-likeness (QED) is 0.422. The first-order valence-corrected chi connectivity index (χ1v) is 11.1. The van der Waals surface area contributed by atoms with E-state index in [-0.39, 0.29) is 5.92 Å². The van der Waals surface area contributed by atoms with Crippen molar-refractivity contribution in [2.24, 2.45) is 5.92 Å². The summed E-state index contributed by atoms with van der Waals surface area (Å²) in [5.41, 5.74) is 2.79. The van der Waals surface area contributed by atoms with Crippen LogP contribution in [-0.2, 0) is 11.3 Å². The topological polar surface area (TPSA) is 88.7 Å². The van der Waals surface area contributed by atoms with Gasteiger partial charge in [0, 0.05) is 41.0 Å². The molecule has 0 aliphatic carbocycles. The number of ether oxygens (including phenoxy) is 1. The Labute approximate surface area is 188 Å². The number of hydrogen-bond acceptors (Lipinski definition) is 7. The van der Waals surface area contributed by atoms with Crippen LogP contribution >= 0.6 is 11.3 Å². The number of thiophene rings is 1. The molecule has 1 fully saturated rings. The maximum Gasteiger partial charge on any atom is 0.309 e. The van der Waals surface area contributed by atoms with Gasteiger partial charge in [0.25, 0.3) is 5.89 Å². The lowest BCUT2D eigenvalue weighted by Crippen LogP contribution is -2.49. The third-order valence-electron chi connectivity index (χ3n) is 5.45. The molecule has 4 aromatic rings. The van der Waals surface area contributed by atoms with Crippen LogP contribution in [0.3, 0.4) is 0 Å². The molecule has 162 valence electrons. The standard InChI is InChI=1S/C24H21N3O4S/c1-15-4-2-3-5-21(15)30-19-8-6-16(7-9-19)23-25-22(26-31-23)17-10-20(32-14-17)13-27-11-18(12-27)24(28)29/h2-10,14,18H,11-13H2,1H3,(H,28,29). The molecule has 1 aliphatic heterocycles. The summed E-state index contributed by atoms with van der Waals surface area (Å²) in [6.07, 6.45) is 0. The van der Waals surface area contributed by atoms with Gasteiger partial charge in [-0.2, -0.15) is 4.98 Å². The summed E-state index contributed by atoms with van der Waals surface area (Å²) >= 11 is 1.61. The molecule has 7 nitrogen and oxygen atoms in total. The first-order chi connectivity index (χ1) is 15.5. The van der Waals surface area contributed by atoms with Gasteiger partial charge in [0.2, 0.25) is 5.82 Å². The Bertz CT molecular complexity index is 1240. The molecule has 0 bridgehead atoms. The van der Waals surface area contributed by atoms with Gasteiger partial charge in [-0.15, -0.1) is 11.3 Å². The van der Waals surface area contributed by atoms with E-state index in [1.807, 2.05) is 66.9 Å². The third kappa shape index (κ3) is 4.28. The van der Waals surface area contributed by atoms with Crippen LogP contribution in [0.15, 0.2) is 64.5 Å². The number of aliphatic carboxylic acids is 1. The molecular formula is C24H21N3O4S. The number of rotatable bonds is 7. The summed E-state index contributed by atoms with van der Waals surface area (Å²) in [5.74, 6) is 1.58. The number of para-hydroxylation sites is 1. The fraction of sp³-hybridized carbons (Fsp3) is 0.208. The van der Waals surface area contributed by atoms with Crippen LogP contribution in [0.5, 0.6) is 11.5 Å². The average molecular weight is 448 g/mol. The Morgan fingerprint density at radius 3 is 2.72 bits per heavy atom. The van der Waals surface area contributed by atoms with Gasteiger partial charge in [-0.1, -0.05) is 23.4 Å². The number of nitrogens with zero attached hydrogens (tertiary/aromatic N) is 3. The Morgan fingerprint density at radius 1 is 1.19 bits per heavy atom. The van der Waals surface area contributed by atoms with E-state index in [2.05, 4.69) is 15.0 Å². The van der Waals surface area contributed by atoms with E-state index < -0.39 is 5.97 Å². The highest BCUT2D eigenvalue weighted by atomic mass is 32.1. The molecule has 5 rings (SSSR count). The number of carboxylic acid groups (broad SMARTS) is 1. The zero-order valence-electron chi connectivity index (χ0n) is 17.4. The van der Waals surface area contributed by atoms with E-state index in [1.54, 1.807) is 11.3 Å². The predicted octanol–water partition coefficient (Wildman–Crippen LogP) is 5.08. The number of benzene rings is 2. The molecule has 1 aliphatic rings. The second kappa shape index (κ2) is 8.57. The van der Waals surface area contributed by atoms with E-state index in [0.717, 1.165) is 39.6 Å². The van der Waals surface area contributed by atoms with Crippen molar-refractivity contribution in [3.05, 3.63) is 70.4 Å². The van der Waals surface area contributed by atoms with Gasteiger partial charge in [-0.3, -0.25) is 9.69 Å². The van der Waals surface area contributed by atoms with E-state index >= 15 is 0 Å². The minimum absolute atomic E-state index is 0.247. The van der Waals surface area contributed by atoms with Crippen LogP contribution in [-0.4, -0.2) is 39.2 Å². The molecule has 0 amide bonds. The fourth-order valence-corrected chi connectivity index (χ4v) is 4.48. The Morgan fingerprint density at radius 2 is 1.97 bits per heavy atom. The average Bonchev–Trinajstić information content (AvgIpc) is 3.42. The number of carboxylic acids is 1. The lowest BCUT2D eigenvalue weighted by atomic mass is 10.0. The van der Waals surface area contributed by atoms with Crippen molar-refractivity contribution in [3.8, 4) is 34.3 Å². The molecule has 8 heteroatoms. The van der Waals surface area contributed by atoms with Crippen LogP contribution < -0.4 is 4.74 Å². The van der Waals surface area contributed by atoms with Gasteiger partial charge in [0.05, 0.1) is 5.92 Å². The Balaban J connectivity index is 1.24. The second-order valence-electron chi connectivity index (χ2n) is 7.85. The summed E-state index contributed by atoms with van der Waals surface area (Å²) in [5, 5.41) is 15.1. The summed E-state index contributed by atoms with van der Waals surface area (Å²) in [6, 6.07) is 17.5. The third-order valence-corrected chi connectivity index (χ3v) is 6.37. The SMILES string of the molecule is Cc1ccccc1Oc1ccc(-c2nc(-c3csc(CN4CC(C(=O)O)C4)c3)no2)cc1. The summed E-state index contributed by atoms with van der Waals surface area (Å²) < 4.78 is 11.4. The van der Waals surface area contributed by atoms with Crippen molar-refractivity contribution in [2.45, 2.75) is 13.5 Å². The van der Waals surface area contributed by atoms with Crippen molar-refractivity contribution >= 4 is 17.3 Å². The smallest absolute Gasteiger partial charge is 0.309 e. The van der Waals surface area contributed by atoms with Gasteiger partial charge >= 0.3 is 5.97 Å². The highest BCUT2D eigenvalue weighted by Crippen LogP contribution is 2.30. The van der Waals surface area contributed by atoms with E-state index in [9.17, 15) is 4.79 Å². The summed E-state index contributed by atoms with van der Waals surface area (Å²) in [4.78, 5) is 18.7.